The number of hydrogen-bond donors (Lipinski definition) is 0. The van der Waals surface area contributed by atoms with Crippen LogP contribution in [0.15, 0.2) is 61.7 Å². The molecule has 0 bridgehead atoms. The number of rotatable bonds is 1. The molecular formula is C20H24. The van der Waals surface area contributed by atoms with Gasteiger partial charge in [-0.1, -0.05) is 61.7 Å². The van der Waals surface area contributed by atoms with Crippen molar-refractivity contribution in [3.8, 4) is 23.0 Å². The first-order valence-electron chi connectivity index (χ1n) is 6.89. The second kappa shape index (κ2) is 10.6. The Morgan fingerprint density at radius 1 is 0.750 bits per heavy atom. The van der Waals surface area contributed by atoms with Gasteiger partial charge in [-0.3, -0.25) is 0 Å². The van der Waals surface area contributed by atoms with Crippen molar-refractivity contribution in [2.75, 3.05) is 0 Å². The van der Waals surface area contributed by atoms with Gasteiger partial charge >= 0.3 is 0 Å². The van der Waals surface area contributed by atoms with Crippen LogP contribution in [0, 0.1) is 18.8 Å². The Balaban J connectivity index is 0.000000829. The molecule has 20 heavy (non-hydrogen) atoms. The van der Waals surface area contributed by atoms with Crippen molar-refractivity contribution in [1.82, 2.24) is 0 Å². The lowest BCUT2D eigenvalue weighted by Gasteiger charge is -2.02. The van der Waals surface area contributed by atoms with E-state index in [0.29, 0.717) is 0 Å². The first-order valence-corrected chi connectivity index (χ1v) is 6.89. The molecule has 0 saturated carbocycles. The Morgan fingerprint density at radius 3 is 1.55 bits per heavy atom. The van der Waals surface area contributed by atoms with Gasteiger partial charge in [0, 0.05) is 5.56 Å². The number of aryl methyl sites for hydroxylation is 1. The Hall–Kier alpha value is -2.26. The summed E-state index contributed by atoms with van der Waals surface area (Å²) in [5.41, 5.74) is 4.85. The average molecular weight is 264 g/mol. The maximum absolute atomic E-state index is 3.05. The fraction of sp³-hybridized carbons (Fsp3) is 0.200. The minimum absolute atomic E-state index is 1.07. The number of benzene rings is 2. The summed E-state index contributed by atoms with van der Waals surface area (Å²) in [6, 6.07) is 16.9. The average Bonchev–Trinajstić information content (AvgIpc) is 2.53. The molecule has 0 heteroatoms. The molecule has 2 aromatic carbocycles. The van der Waals surface area contributed by atoms with Crippen LogP contribution >= 0.6 is 0 Å². The predicted molar refractivity (Wildman–Crippen MR) is 91.8 cm³/mol. The minimum Gasteiger partial charge on any atom is -0.106 e. The van der Waals surface area contributed by atoms with E-state index < -0.39 is 0 Å². The molecule has 0 N–H and O–H groups in total. The van der Waals surface area contributed by atoms with Crippen LogP contribution in [0.1, 0.15) is 31.9 Å². The van der Waals surface area contributed by atoms with E-state index >= 15 is 0 Å². The summed E-state index contributed by atoms with van der Waals surface area (Å²) in [6.07, 6.45) is 0. The molecule has 0 heterocycles. The zero-order chi connectivity index (χ0) is 15.4. The lowest BCUT2D eigenvalue weighted by molar-refractivity contribution is 1.47. The molecule has 0 radical (unpaired) electrons. The SMILES string of the molecule is C=C.CC.CC#Cc1ccc(-c2ccc(C)cc2)cc1. The van der Waals surface area contributed by atoms with Crippen LogP contribution in [0.2, 0.25) is 0 Å². The van der Waals surface area contributed by atoms with Crippen LogP contribution in [-0.2, 0) is 0 Å². The molecule has 2 rings (SSSR count). The third-order valence-corrected chi connectivity index (χ3v) is 2.54. The van der Waals surface area contributed by atoms with Gasteiger partial charge in [0.15, 0.2) is 0 Å². The lowest BCUT2D eigenvalue weighted by atomic mass is 10.0. The highest BCUT2D eigenvalue weighted by atomic mass is 14.0. The third kappa shape index (κ3) is 5.59. The molecular weight excluding hydrogens is 240 g/mol. The van der Waals surface area contributed by atoms with Crippen molar-refractivity contribution in [2.45, 2.75) is 27.7 Å². The van der Waals surface area contributed by atoms with E-state index in [4.69, 9.17) is 0 Å². The van der Waals surface area contributed by atoms with E-state index in [2.05, 4.69) is 80.5 Å². The van der Waals surface area contributed by atoms with Gasteiger partial charge in [-0.2, -0.15) is 0 Å². The van der Waals surface area contributed by atoms with Crippen LogP contribution in [0.25, 0.3) is 11.1 Å². The van der Waals surface area contributed by atoms with Crippen LogP contribution in [0.5, 0.6) is 0 Å². The van der Waals surface area contributed by atoms with Crippen LogP contribution in [0.3, 0.4) is 0 Å². The standard InChI is InChI=1S/C16H14.C2H6.C2H4/c1-3-4-14-7-11-16(12-8-14)15-9-5-13(2)6-10-15;2*1-2/h5-12H,1-2H3;1-2H3;1-2H2. The summed E-state index contributed by atoms with van der Waals surface area (Å²) in [5, 5.41) is 0. The van der Waals surface area contributed by atoms with Gasteiger partial charge in [0.1, 0.15) is 0 Å². The van der Waals surface area contributed by atoms with Crippen LogP contribution in [-0.4, -0.2) is 0 Å². The van der Waals surface area contributed by atoms with Crippen molar-refractivity contribution in [3.05, 3.63) is 72.8 Å². The Labute approximate surface area is 124 Å². The third-order valence-electron chi connectivity index (χ3n) is 2.54. The molecule has 0 spiro atoms. The predicted octanol–water partition coefficient (Wildman–Crippen LogP) is 5.86. The maximum atomic E-state index is 3.05. The summed E-state index contributed by atoms with van der Waals surface area (Å²) in [6.45, 7) is 14.0. The number of hydrogen-bond acceptors (Lipinski definition) is 0. The highest BCUT2D eigenvalue weighted by Gasteiger charge is 1.96. The van der Waals surface area contributed by atoms with Gasteiger partial charge in [0.25, 0.3) is 0 Å². The van der Waals surface area contributed by atoms with Crippen molar-refractivity contribution in [3.63, 3.8) is 0 Å². The molecule has 0 aliphatic rings. The molecule has 0 unspecified atom stereocenters. The largest absolute Gasteiger partial charge is 0.106 e. The van der Waals surface area contributed by atoms with Crippen molar-refractivity contribution < 1.29 is 0 Å². The van der Waals surface area contributed by atoms with Gasteiger partial charge < -0.3 is 0 Å². The molecule has 2 aromatic rings. The summed E-state index contributed by atoms with van der Waals surface area (Å²) >= 11 is 0. The summed E-state index contributed by atoms with van der Waals surface area (Å²) < 4.78 is 0. The van der Waals surface area contributed by atoms with Gasteiger partial charge in [-0.25, -0.2) is 0 Å². The quantitative estimate of drug-likeness (QED) is 0.447. The molecule has 0 nitrogen and oxygen atoms in total. The van der Waals surface area contributed by atoms with E-state index in [-0.39, 0.29) is 0 Å². The molecule has 0 aromatic heterocycles. The van der Waals surface area contributed by atoms with E-state index in [1.807, 2.05) is 20.8 Å². The van der Waals surface area contributed by atoms with Crippen LogP contribution < -0.4 is 0 Å². The highest BCUT2D eigenvalue weighted by molar-refractivity contribution is 5.64. The van der Waals surface area contributed by atoms with Crippen molar-refractivity contribution >= 4 is 0 Å². The van der Waals surface area contributed by atoms with Gasteiger partial charge in [0.05, 0.1) is 0 Å². The van der Waals surface area contributed by atoms with Crippen molar-refractivity contribution in [2.24, 2.45) is 0 Å². The summed E-state index contributed by atoms with van der Waals surface area (Å²) in [7, 11) is 0. The topological polar surface area (TPSA) is 0 Å². The molecule has 0 aliphatic carbocycles. The Morgan fingerprint density at radius 2 is 1.15 bits per heavy atom. The summed E-state index contributed by atoms with van der Waals surface area (Å²) in [5.74, 6) is 5.95. The van der Waals surface area contributed by atoms with E-state index in [1.54, 1.807) is 0 Å². The van der Waals surface area contributed by atoms with Crippen molar-refractivity contribution in [1.29, 1.82) is 0 Å². The highest BCUT2D eigenvalue weighted by Crippen LogP contribution is 2.19. The fourth-order valence-corrected chi connectivity index (χ4v) is 1.64. The first-order chi connectivity index (χ1) is 9.79. The first kappa shape index (κ1) is 17.7. The van der Waals surface area contributed by atoms with Crippen LogP contribution in [0.4, 0.5) is 0 Å². The second-order valence-corrected chi connectivity index (χ2v) is 3.82. The minimum atomic E-state index is 1.07. The zero-order valence-electron chi connectivity index (χ0n) is 13.0. The van der Waals surface area contributed by atoms with E-state index in [1.165, 1.54) is 16.7 Å². The normalized spacial score (nSPS) is 8.00. The molecule has 0 amide bonds. The van der Waals surface area contributed by atoms with Gasteiger partial charge in [0.2, 0.25) is 0 Å². The second-order valence-electron chi connectivity index (χ2n) is 3.82. The molecule has 0 saturated heterocycles. The Bertz CT molecular complexity index is 533. The van der Waals surface area contributed by atoms with E-state index in [9.17, 15) is 0 Å². The zero-order valence-corrected chi connectivity index (χ0v) is 13.0. The lowest BCUT2D eigenvalue weighted by Crippen LogP contribution is -1.79. The Kier molecular flexibility index (Phi) is 9.44. The summed E-state index contributed by atoms with van der Waals surface area (Å²) in [4.78, 5) is 0. The smallest absolute Gasteiger partial charge is 0.0245 e. The fourth-order valence-electron chi connectivity index (χ4n) is 1.64. The monoisotopic (exact) mass is 264 g/mol. The molecule has 0 atom stereocenters. The van der Waals surface area contributed by atoms with Gasteiger partial charge in [-0.05, 0) is 37.1 Å². The molecule has 104 valence electrons. The maximum Gasteiger partial charge on any atom is 0.0245 e. The van der Waals surface area contributed by atoms with E-state index in [0.717, 1.165) is 5.56 Å². The van der Waals surface area contributed by atoms with Gasteiger partial charge in [-0.15, -0.1) is 19.1 Å². The molecule has 0 aliphatic heterocycles. The molecule has 0 fully saturated rings.